The molecule has 39 heavy (non-hydrogen) atoms. The second-order valence-electron chi connectivity index (χ2n) is 10.3. The molecule has 0 saturated heterocycles. The van der Waals surface area contributed by atoms with E-state index in [1.54, 1.807) is 17.7 Å². The molecule has 5 rings (SSSR count). The summed E-state index contributed by atoms with van der Waals surface area (Å²) in [5, 5.41) is 14.7. The van der Waals surface area contributed by atoms with Crippen LogP contribution < -0.4 is 4.74 Å². The molecule has 2 aromatic carbocycles. The summed E-state index contributed by atoms with van der Waals surface area (Å²) < 4.78 is 7.81. The molecule has 0 spiro atoms. The number of amides is 2. The van der Waals surface area contributed by atoms with Gasteiger partial charge in [-0.1, -0.05) is 38.0 Å². The Morgan fingerprint density at radius 3 is 2.62 bits per heavy atom. The summed E-state index contributed by atoms with van der Waals surface area (Å²) in [5.41, 5.74) is 6.16. The minimum atomic E-state index is -0.517. The first-order chi connectivity index (χ1) is 18.8. The van der Waals surface area contributed by atoms with Crippen molar-refractivity contribution < 1.29 is 14.3 Å². The van der Waals surface area contributed by atoms with Crippen LogP contribution in [0.15, 0.2) is 65.4 Å². The molecule has 7 nitrogen and oxygen atoms in total. The number of aryl methyl sites for hydroxylation is 1. The van der Waals surface area contributed by atoms with E-state index in [-0.39, 0.29) is 17.6 Å². The van der Waals surface area contributed by atoms with E-state index in [0.717, 1.165) is 53.0 Å². The summed E-state index contributed by atoms with van der Waals surface area (Å²) in [5.74, 6) is 0.0324. The topological polar surface area (TPSA) is 88.2 Å². The van der Waals surface area contributed by atoms with E-state index >= 15 is 0 Å². The maximum atomic E-state index is 13.6. The lowest BCUT2D eigenvalue weighted by Crippen LogP contribution is -2.43. The van der Waals surface area contributed by atoms with Gasteiger partial charge in [0.2, 0.25) is 0 Å². The van der Waals surface area contributed by atoms with E-state index in [4.69, 9.17) is 9.84 Å². The first-order valence-corrected chi connectivity index (χ1v) is 13.5. The Kier molecular flexibility index (Phi) is 7.21. The summed E-state index contributed by atoms with van der Waals surface area (Å²) in [7, 11) is 0. The van der Waals surface area contributed by atoms with Crippen molar-refractivity contribution in [2.45, 2.75) is 59.5 Å². The highest BCUT2D eigenvalue weighted by molar-refractivity contribution is 6.19. The number of aromatic nitrogens is 2. The molecule has 0 aliphatic carbocycles. The molecule has 0 bridgehead atoms. The van der Waals surface area contributed by atoms with Crippen LogP contribution in [0.3, 0.4) is 0 Å². The lowest BCUT2D eigenvalue weighted by Gasteiger charge is -2.27. The van der Waals surface area contributed by atoms with Crippen molar-refractivity contribution in [2.24, 2.45) is 0 Å². The van der Waals surface area contributed by atoms with Crippen molar-refractivity contribution in [3.8, 4) is 28.8 Å². The zero-order valence-electron chi connectivity index (χ0n) is 22.8. The van der Waals surface area contributed by atoms with Crippen LogP contribution in [0.2, 0.25) is 0 Å². The molecule has 0 N–H and O–H groups in total. The van der Waals surface area contributed by atoms with E-state index in [0.29, 0.717) is 29.8 Å². The van der Waals surface area contributed by atoms with Gasteiger partial charge in [-0.2, -0.15) is 10.4 Å². The summed E-state index contributed by atoms with van der Waals surface area (Å²) in [6.45, 7) is 8.12. The Balaban J connectivity index is 1.66. The number of nitrogens with zero attached hydrogens (tertiary/aromatic N) is 4. The highest BCUT2D eigenvalue weighted by Gasteiger charge is 2.35. The van der Waals surface area contributed by atoms with E-state index in [1.807, 2.05) is 49.5 Å². The van der Waals surface area contributed by atoms with Crippen LogP contribution in [-0.4, -0.2) is 39.1 Å². The molecule has 2 aliphatic heterocycles. The van der Waals surface area contributed by atoms with Gasteiger partial charge < -0.3 is 4.74 Å². The molecule has 2 aliphatic rings. The highest BCUT2D eigenvalue weighted by atomic mass is 16.5. The van der Waals surface area contributed by atoms with Crippen molar-refractivity contribution in [1.29, 1.82) is 5.26 Å². The van der Waals surface area contributed by atoms with Gasteiger partial charge in [-0.3, -0.25) is 14.5 Å². The van der Waals surface area contributed by atoms with Crippen molar-refractivity contribution in [3.63, 3.8) is 0 Å². The smallest absolute Gasteiger partial charge is 0.271 e. The predicted octanol–water partition coefficient (Wildman–Crippen LogP) is 5.95. The quantitative estimate of drug-likeness (QED) is 0.218. The lowest BCUT2D eigenvalue weighted by atomic mass is 9.92. The summed E-state index contributed by atoms with van der Waals surface area (Å²) in [4.78, 5) is 27.8. The number of hydrogen-bond acceptors (Lipinski definition) is 5. The highest BCUT2D eigenvalue weighted by Crippen LogP contribution is 2.38. The van der Waals surface area contributed by atoms with Gasteiger partial charge >= 0.3 is 0 Å². The van der Waals surface area contributed by atoms with Crippen LogP contribution in [-0.2, 0) is 16.0 Å². The number of para-hydroxylation sites is 1. The Morgan fingerprint density at radius 2 is 1.90 bits per heavy atom. The van der Waals surface area contributed by atoms with Crippen LogP contribution in [0.1, 0.15) is 56.7 Å². The second kappa shape index (κ2) is 10.7. The van der Waals surface area contributed by atoms with Gasteiger partial charge in [0.05, 0.1) is 11.4 Å². The van der Waals surface area contributed by atoms with Gasteiger partial charge in [-0.05, 0) is 74.2 Å². The van der Waals surface area contributed by atoms with E-state index in [9.17, 15) is 14.9 Å². The Bertz CT molecular complexity index is 1560. The third-order valence-corrected chi connectivity index (χ3v) is 7.33. The third-order valence-electron chi connectivity index (χ3n) is 7.33. The molecule has 0 radical (unpaired) electrons. The van der Waals surface area contributed by atoms with Crippen molar-refractivity contribution >= 4 is 17.9 Å². The van der Waals surface area contributed by atoms with Crippen molar-refractivity contribution in [3.05, 3.63) is 82.1 Å². The molecular weight excluding hydrogens is 488 g/mol. The fraction of sp³-hybridized carbons (Fsp3) is 0.312. The number of carbonyl (C=O) groups is 2. The summed E-state index contributed by atoms with van der Waals surface area (Å²) in [6.07, 6.45) is 7.16. The minimum Gasteiger partial charge on any atom is -0.490 e. The number of nitriles is 1. The van der Waals surface area contributed by atoms with Crippen LogP contribution in [0.4, 0.5) is 0 Å². The second-order valence-corrected chi connectivity index (χ2v) is 10.3. The number of rotatable bonds is 7. The van der Waals surface area contributed by atoms with Gasteiger partial charge in [0.1, 0.15) is 23.5 Å². The van der Waals surface area contributed by atoms with Crippen LogP contribution in [0.5, 0.6) is 5.75 Å². The normalized spacial score (nSPS) is 18.0. The monoisotopic (exact) mass is 520 g/mol. The van der Waals surface area contributed by atoms with E-state index < -0.39 is 5.91 Å². The molecule has 0 fully saturated rings. The molecule has 2 amide bonds. The number of fused-ring (bicyclic) bond motifs is 1. The van der Waals surface area contributed by atoms with E-state index in [1.165, 1.54) is 4.90 Å². The molecule has 198 valence electrons. The lowest BCUT2D eigenvalue weighted by molar-refractivity contribution is -0.140. The number of benzene rings is 2. The molecular formula is C32H32N4O3. The predicted molar refractivity (Wildman–Crippen MR) is 150 cm³/mol. The Hall–Kier alpha value is -4.44. The average molecular weight is 521 g/mol. The van der Waals surface area contributed by atoms with Crippen LogP contribution in [0.25, 0.3) is 23.0 Å². The molecule has 3 heterocycles. The number of unbranched alkanes of at least 4 members (excludes halogenated alkanes) is 2. The summed E-state index contributed by atoms with van der Waals surface area (Å²) >= 11 is 0. The molecule has 3 aromatic rings. The number of ether oxygens (including phenoxy) is 1. The van der Waals surface area contributed by atoms with Crippen LogP contribution >= 0.6 is 0 Å². The number of hydrogen-bond donors (Lipinski definition) is 0. The molecule has 0 unspecified atom stereocenters. The molecule has 0 saturated carbocycles. The largest absolute Gasteiger partial charge is 0.490 e. The summed E-state index contributed by atoms with van der Waals surface area (Å²) in [6, 6.07) is 16.0. The SMILES string of the molecule is CCCCCN1C(=O)C(C#N)=C(C)/C(=C/c2cn(-c3ccccc3)nc2-c2cc(C)c3c(c2)C[C@@H](C)O3)C1=O. The van der Waals surface area contributed by atoms with Gasteiger partial charge in [-0.15, -0.1) is 0 Å². The minimum absolute atomic E-state index is 0.00820. The number of carbonyl (C=O) groups excluding carboxylic acids is 2. The van der Waals surface area contributed by atoms with Gasteiger partial charge in [0.25, 0.3) is 11.8 Å². The maximum absolute atomic E-state index is 13.6. The standard InChI is InChI=1S/C32H32N4O3/c1-5-6-10-13-35-31(37)27(22(4)28(18-33)32(35)38)17-25-19-36(26-11-8-7-9-12-26)34-29(25)23-14-20(2)30-24(16-23)15-21(3)39-30/h7-9,11-12,14,16-17,19,21H,5-6,10,13,15H2,1-4H3/b27-17-/t21-/m1/s1. The van der Waals surface area contributed by atoms with Gasteiger partial charge in [0.15, 0.2) is 0 Å². The maximum Gasteiger partial charge on any atom is 0.271 e. The van der Waals surface area contributed by atoms with Crippen molar-refractivity contribution in [1.82, 2.24) is 14.7 Å². The molecule has 7 heteroatoms. The van der Waals surface area contributed by atoms with Crippen molar-refractivity contribution in [2.75, 3.05) is 6.54 Å². The zero-order chi connectivity index (χ0) is 27.7. The van der Waals surface area contributed by atoms with E-state index in [2.05, 4.69) is 26.0 Å². The fourth-order valence-electron chi connectivity index (χ4n) is 5.29. The molecule has 1 aromatic heterocycles. The fourth-order valence-corrected chi connectivity index (χ4v) is 5.29. The Morgan fingerprint density at radius 1 is 1.13 bits per heavy atom. The Labute approximate surface area is 229 Å². The third kappa shape index (κ3) is 4.90. The average Bonchev–Trinajstić information content (AvgIpc) is 3.52. The van der Waals surface area contributed by atoms with Gasteiger partial charge in [0, 0.05) is 35.9 Å². The van der Waals surface area contributed by atoms with Crippen LogP contribution in [0, 0.1) is 18.3 Å². The first kappa shape index (κ1) is 26.2. The first-order valence-electron chi connectivity index (χ1n) is 13.5. The van der Waals surface area contributed by atoms with Gasteiger partial charge in [-0.25, -0.2) is 4.68 Å². The molecule has 1 atom stereocenters. The number of imide groups is 1. The zero-order valence-corrected chi connectivity index (χ0v) is 22.8.